The van der Waals surface area contributed by atoms with Crippen LogP contribution in [0, 0.1) is 6.92 Å². The van der Waals surface area contributed by atoms with Crippen LogP contribution in [-0.2, 0) is 0 Å². The number of nitrogens with zero attached hydrogens (tertiary/aromatic N) is 4. The van der Waals surface area contributed by atoms with Crippen LogP contribution in [0.15, 0.2) is 29.5 Å². The highest BCUT2D eigenvalue weighted by Crippen LogP contribution is 2.09. The molecular formula is C10H9F3N6O. The first-order valence-electron chi connectivity index (χ1n) is 5.34. The molecule has 0 atom stereocenters. The summed E-state index contributed by atoms with van der Waals surface area (Å²) in [7, 11) is 0. The van der Waals surface area contributed by atoms with Gasteiger partial charge in [-0.2, -0.15) is 18.2 Å². The Balaban J connectivity index is 2.27. The van der Waals surface area contributed by atoms with Gasteiger partial charge in [0, 0.05) is 6.20 Å². The van der Waals surface area contributed by atoms with Gasteiger partial charge in [0.05, 0.1) is 0 Å². The molecule has 2 rings (SSSR count). The molecule has 0 radical (unpaired) electrons. The molecule has 7 nitrogen and oxygen atoms in total. The lowest BCUT2D eigenvalue weighted by molar-refractivity contribution is -0.151. The fourth-order valence-corrected chi connectivity index (χ4v) is 1.40. The van der Waals surface area contributed by atoms with Crippen LogP contribution >= 0.6 is 0 Å². The molecule has 0 fully saturated rings. The van der Waals surface area contributed by atoms with E-state index in [4.69, 9.17) is 0 Å². The summed E-state index contributed by atoms with van der Waals surface area (Å²) in [5, 5.41) is 0. The lowest BCUT2D eigenvalue weighted by atomic mass is 10.3. The molecule has 2 N–H and O–H groups in total. The van der Waals surface area contributed by atoms with E-state index in [-0.39, 0.29) is 0 Å². The molecule has 10 heteroatoms. The van der Waals surface area contributed by atoms with Gasteiger partial charge in [-0.3, -0.25) is 5.43 Å². The fourth-order valence-electron chi connectivity index (χ4n) is 1.40. The Morgan fingerprint density at radius 2 is 2.05 bits per heavy atom. The summed E-state index contributed by atoms with van der Waals surface area (Å²) in [5.74, 6) is -0.176. The minimum absolute atomic E-state index is 0.313. The maximum Gasteiger partial charge on any atom is 0.474 e. The summed E-state index contributed by atoms with van der Waals surface area (Å²) in [5.41, 5.74) is 2.59. The number of pyridine rings is 1. The average molecular weight is 286 g/mol. The fraction of sp³-hybridized carbons (Fsp3) is 0.200. The van der Waals surface area contributed by atoms with Crippen LogP contribution in [-0.4, -0.2) is 25.8 Å². The average Bonchev–Trinajstić information content (AvgIpc) is 2.37. The summed E-state index contributed by atoms with van der Waals surface area (Å²) < 4.78 is 36.8. The Hall–Kier alpha value is -2.49. The zero-order chi connectivity index (χ0) is 14.8. The second kappa shape index (κ2) is 5.25. The van der Waals surface area contributed by atoms with Crippen LogP contribution in [0.25, 0.3) is 5.82 Å². The SMILES string of the molecule is Cc1cccnc1-n1cnc(NNC(F)(F)F)nc1=O. The van der Waals surface area contributed by atoms with E-state index in [9.17, 15) is 18.0 Å². The smallest absolute Gasteiger partial charge is 0.282 e. The first-order valence-corrected chi connectivity index (χ1v) is 5.34. The molecule has 0 aliphatic heterocycles. The van der Waals surface area contributed by atoms with Gasteiger partial charge in [-0.25, -0.2) is 19.3 Å². The van der Waals surface area contributed by atoms with Gasteiger partial charge in [0.15, 0.2) is 0 Å². The van der Waals surface area contributed by atoms with E-state index in [0.29, 0.717) is 11.4 Å². The van der Waals surface area contributed by atoms with Crippen molar-refractivity contribution in [1.82, 2.24) is 24.9 Å². The van der Waals surface area contributed by atoms with Crippen molar-refractivity contribution >= 4 is 5.95 Å². The lowest BCUT2D eigenvalue weighted by Crippen LogP contribution is -2.38. The van der Waals surface area contributed by atoms with Crippen molar-refractivity contribution in [2.24, 2.45) is 0 Å². The van der Waals surface area contributed by atoms with Crippen LogP contribution in [0.5, 0.6) is 0 Å². The minimum Gasteiger partial charge on any atom is -0.282 e. The van der Waals surface area contributed by atoms with Crippen molar-refractivity contribution < 1.29 is 13.2 Å². The quantitative estimate of drug-likeness (QED) is 0.640. The normalized spacial score (nSPS) is 11.4. The molecule has 0 bridgehead atoms. The summed E-state index contributed by atoms with van der Waals surface area (Å²) in [6.45, 7) is 1.73. The number of anilines is 1. The van der Waals surface area contributed by atoms with E-state index in [0.717, 1.165) is 16.3 Å². The summed E-state index contributed by atoms with van der Waals surface area (Å²) in [6, 6.07) is 3.42. The zero-order valence-electron chi connectivity index (χ0n) is 10.1. The number of hydrogen-bond donors (Lipinski definition) is 2. The van der Waals surface area contributed by atoms with Crippen LogP contribution < -0.4 is 16.5 Å². The van der Waals surface area contributed by atoms with Gasteiger partial charge in [0.25, 0.3) is 0 Å². The number of hydrazine groups is 1. The summed E-state index contributed by atoms with van der Waals surface area (Å²) in [4.78, 5) is 22.7. The highest BCUT2D eigenvalue weighted by molar-refractivity contribution is 5.32. The van der Waals surface area contributed by atoms with Gasteiger partial charge in [0.2, 0.25) is 5.95 Å². The first-order chi connectivity index (χ1) is 9.37. The van der Waals surface area contributed by atoms with Gasteiger partial charge in [-0.1, -0.05) is 6.07 Å². The maximum absolute atomic E-state index is 11.9. The van der Waals surface area contributed by atoms with Gasteiger partial charge in [-0.15, -0.1) is 5.43 Å². The molecule has 0 aliphatic carbocycles. The van der Waals surface area contributed by atoms with Crippen molar-refractivity contribution in [3.8, 4) is 5.82 Å². The summed E-state index contributed by atoms with van der Waals surface area (Å²) in [6.07, 6.45) is -2.13. The number of alkyl halides is 3. The molecule has 2 aromatic rings. The monoisotopic (exact) mass is 286 g/mol. The van der Waals surface area contributed by atoms with Crippen molar-refractivity contribution in [3.63, 3.8) is 0 Å². The Bertz CT molecular complexity index is 669. The number of rotatable bonds is 3. The highest BCUT2D eigenvalue weighted by Gasteiger charge is 2.27. The molecule has 0 unspecified atom stereocenters. The molecule has 0 amide bonds. The van der Waals surface area contributed by atoms with Crippen molar-refractivity contribution in [2.45, 2.75) is 13.2 Å². The Kier molecular flexibility index (Phi) is 3.66. The third-order valence-electron chi connectivity index (χ3n) is 2.23. The molecule has 2 heterocycles. The zero-order valence-corrected chi connectivity index (χ0v) is 10.1. The number of hydrogen-bond acceptors (Lipinski definition) is 6. The molecule has 2 aromatic heterocycles. The second-order valence-electron chi connectivity index (χ2n) is 3.72. The largest absolute Gasteiger partial charge is 0.474 e. The summed E-state index contributed by atoms with van der Waals surface area (Å²) >= 11 is 0. The standard InChI is InChI=1S/C10H9F3N6O/c1-6-3-2-4-14-7(6)19-5-15-8(16-9(19)20)17-18-10(11,12)13/h2-5,18H,1H3,(H,16,17,20). The Labute approximate surface area is 110 Å². The Morgan fingerprint density at radius 1 is 1.30 bits per heavy atom. The Morgan fingerprint density at radius 3 is 2.65 bits per heavy atom. The molecule has 20 heavy (non-hydrogen) atoms. The van der Waals surface area contributed by atoms with Crippen molar-refractivity contribution in [3.05, 3.63) is 40.7 Å². The first kappa shape index (κ1) is 13.9. The molecule has 0 aliphatic rings. The van der Waals surface area contributed by atoms with Crippen LogP contribution in [0.2, 0.25) is 0 Å². The lowest BCUT2D eigenvalue weighted by Gasteiger charge is -2.10. The van der Waals surface area contributed by atoms with Crippen LogP contribution in [0.3, 0.4) is 0 Å². The predicted molar refractivity (Wildman–Crippen MR) is 63.0 cm³/mol. The minimum atomic E-state index is -4.66. The maximum atomic E-state index is 11.9. The van der Waals surface area contributed by atoms with E-state index in [1.165, 1.54) is 6.20 Å². The van der Waals surface area contributed by atoms with Gasteiger partial charge in [0.1, 0.15) is 12.1 Å². The topological polar surface area (TPSA) is 84.7 Å². The van der Waals surface area contributed by atoms with Gasteiger partial charge < -0.3 is 0 Å². The van der Waals surface area contributed by atoms with E-state index in [1.54, 1.807) is 24.5 Å². The van der Waals surface area contributed by atoms with E-state index in [2.05, 4.69) is 15.0 Å². The molecule has 106 valence electrons. The van der Waals surface area contributed by atoms with Gasteiger partial charge >= 0.3 is 12.0 Å². The third kappa shape index (κ3) is 3.29. The number of halogens is 3. The number of aromatic nitrogens is 4. The highest BCUT2D eigenvalue weighted by atomic mass is 19.4. The molecular weight excluding hydrogens is 277 g/mol. The van der Waals surface area contributed by atoms with E-state index < -0.39 is 17.9 Å². The number of aryl methyl sites for hydroxylation is 1. The van der Waals surface area contributed by atoms with Crippen LogP contribution in [0.4, 0.5) is 19.1 Å². The van der Waals surface area contributed by atoms with Crippen molar-refractivity contribution in [2.75, 3.05) is 5.43 Å². The number of nitrogens with one attached hydrogen (secondary N) is 2. The molecule has 0 spiro atoms. The molecule has 0 aromatic carbocycles. The van der Waals surface area contributed by atoms with E-state index in [1.807, 2.05) is 0 Å². The predicted octanol–water partition coefficient (Wildman–Crippen LogP) is 0.767. The van der Waals surface area contributed by atoms with E-state index >= 15 is 0 Å². The molecule has 0 saturated carbocycles. The van der Waals surface area contributed by atoms with Crippen LogP contribution in [0.1, 0.15) is 5.56 Å². The second-order valence-corrected chi connectivity index (χ2v) is 3.72. The van der Waals surface area contributed by atoms with Crippen molar-refractivity contribution in [1.29, 1.82) is 0 Å². The molecule has 0 saturated heterocycles. The third-order valence-corrected chi connectivity index (χ3v) is 2.23. The van der Waals surface area contributed by atoms with Gasteiger partial charge in [-0.05, 0) is 18.6 Å².